The molecule has 10 heteroatoms. The van der Waals surface area contributed by atoms with E-state index in [0.29, 0.717) is 24.8 Å². The van der Waals surface area contributed by atoms with Crippen LogP contribution < -0.4 is 20.0 Å². The SMILES string of the molecule is CCOc1cc(N2CCN(C)CC2)c(-c2cnn(C)c2)cc1Nc1cc(N2OCC[C@@H]2c2ccccc2)ncn1. The van der Waals surface area contributed by atoms with E-state index >= 15 is 0 Å². The Kier molecular flexibility index (Phi) is 7.52. The number of aromatic nitrogens is 4. The second-order valence-corrected chi connectivity index (χ2v) is 10.3. The Labute approximate surface area is 235 Å². The minimum absolute atomic E-state index is 0.1000. The Morgan fingerprint density at radius 1 is 1.02 bits per heavy atom. The van der Waals surface area contributed by atoms with Gasteiger partial charge in [0.05, 0.1) is 31.1 Å². The van der Waals surface area contributed by atoms with Crippen molar-refractivity contribution in [1.82, 2.24) is 24.6 Å². The van der Waals surface area contributed by atoms with Crippen LogP contribution in [0.15, 0.2) is 67.3 Å². The molecule has 2 aliphatic heterocycles. The molecule has 2 aromatic carbocycles. The van der Waals surface area contributed by atoms with E-state index in [2.05, 4.69) is 79.8 Å². The van der Waals surface area contributed by atoms with Gasteiger partial charge in [0.1, 0.15) is 17.9 Å². The number of benzene rings is 2. The topological polar surface area (TPSA) is 83.8 Å². The summed E-state index contributed by atoms with van der Waals surface area (Å²) in [6.07, 6.45) is 6.43. The summed E-state index contributed by atoms with van der Waals surface area (Å²) in [4.78, 5) is 19.9. The molecule has 0 radical (unpaired) electrons. The van der Waals surface area contributed by atoms with Crippen molar-refractivity contribution in [2.24, 2.45) is 7.05 Å². The van der Waals surface area contributed by atoms with Crippen LogP contribution in [0.3, 0.4) is 0 Å². The molecule has 0 aliphatic carbocycles. The summed E-state index contributed by atoms with van der Waals surface area (Å²) in [5, 5.41) is 9.86. The van der Waals surface area contributed by atoms with Gasteiger partial charge in [-0.25, -0.2) is 15.0 Å². The third kappa shape index (κ3) is 5.45. The van der Waals surface area contributed by atoms with Crippen molar-refractivity contribution in [3.05, 3.63) is 72.8 Å². The largest absolute Gasteiger partial charge is 0.492 e. The molecule has 1 atom stereocenters. The zero-order valence-electron chi connectivity index (χ0n) is 23.3. The summed E-state index contributed by atoms with van der Waals surface area (Å²) >= 11 is 0. The lowest BCUT2D eigenvalue weighted by Crippen LogP contribution is -2.44. The smallest absolute Gasteiger partial charge is 0.158 e. The number of hydrogen-bond donors (Lipinski definition) is 1. The highest BCUT2D eigenvalue weighted by molar-refractivity contribution is 5.85. The number of likely N-dealkylation sites (N-methyl/N-ethyl adjacent to an activating group) is 1. The van der Waals surface area contributed by atoms with Gasteiger partial charge in [-0.1, -0.05) is 30.3 Å². The maximum atomic E-state index is 6.16. The van der Waals surface area contributed by atoms with Crippen LogP contribution in [0.2, 0.25) is 0 Å². The highest BCUT2D eigenvalue weighted by Gasteiger charge is 2.29. The average Bonchev–Trinajstić information content (AvgIpc) is 3.65. The molecular weight excluding hydrogens is 504 g/mol. The number of piperazine rings is 1. The normalized spacial score (nSPS) is 17.8. The van der Waals surface area contributed by atoms with Crippen molar-refractivity contribution in [2.45, 2.75) is 19.4 Å². The van der Waals surface area contributed by atoms with Crippen LogP contribution in [0.5, 0.6) is 5.75 Å². The second-order valence-electron chi connectivity index (χ2n) is 10.3. The first kappa shape index (κ1) is 26.1. The van der Waals surface area contributed by atoms with E-state index in [1.807, 2.05) is 42.0 Å². The van der Waals surface area contributed by atoms with Gasteiger partial charge in [-0.05, 0) is 25.6 Å². The number of ether oxygens (including phenoxy) is 1. The van der Waals surface area contributed by atoms with E-state index in [1.165, 1.54) is 5.56 Å². The van der Waals surface area contributed by atoms with Gasteiger partial charge in [-0.2, -0.15) is 5.10 Å². The zero-order valence-corrected chi connectivity index (χ0v) is 23.3. The van der Waals surface area contributed by atoms with Crippen molar-refractivity contribution >= 4 is 23.0 Å². The Bertz CT molecular complexity index is 1430. The van der Waals surface area contributed by atoms with Crippen LogP contribution >= 0.6 is 0 Å². The van der Waals surface area contributed by atoms with Crippen molar-refractivity contribution in [2.75, 3.05) is 61.7 Å². The highest BCUT2D eigenvalue weighted by atomic mass is 16.7. The zero-order chi connectivity index (χ0) is 27.5. The average molecular weight is 541 g/mol. The quantitative estimate of drug-likeness (QED) is 0.343. The molecule has 0 amide bonds. The summed E-state index contributed by atoms with van der Waals surface area (Å²) in [5.41, 5.74) is 5.35. The summed E-state index contributed by atoms with van der Waals surface area (Å²) < 4.78 is 8.00. The fourth-order valence-electron chi connectivity index (χ4n) is 5.39. The molecule has 1 N–H and O–H groups in total. The van der Waals surface area contributed by atoms with Crippen molar-refractivity contribution in [1.29, 1.82) is 0 Å². The Balaban J connectivity index is 1.34. The van der Waals surface area contributed by atoms with Crippen molar-refractivity contribution in [3.8, 4) is 16.9 Å². The Morgan fingerprint density at radius 2 is 1.85 bits per heavy atom. The summed E-state index contributed by atoms with van der Waals surface area (Å²) in [7, 11) is 4.11. The fraction of sp³-hybridized carbons (Fsp3) is 0.367. The molecule has 0 unspecified atom stereocenters. The lowest BCUT2D eigenvalue weighted by molar-refractivity contribution is 0.157. The minimum atomic E-state index is 0.1000. The molecule has 4 aromatic rings. The molecule has 4 heterocycles. The lowest BCUT2D eigenvalue weighted by atomic mass is 10.0. The van der Waals surface area contributed by atoms with E-state index in [9.17, 15) is 0 Å². The Hall–Kier alpha value is -4.15. The molecule has 0 saturated carbocycles. The summed E-state index contributed by atoms with van der Waals surface area (Å²) in [6, 6.07) is 16.7. The van der Waals surface area contributed by atoms with Gasteiger partial charge in [-0.15, -0.1) is 0 Å². The summed E-state index contributed by atoms with van der Waals surface area (Å²) in [5.74, 6) is 2.16. The molecular formula is C30H36N8O2. The molecule has 2 aromatic heterocycles. The first-order chi connectivity index (χ1) is 19.6. The van der Waals surface area contributed by atoms with Gasteiger partial charge in [-0.3, -0.25) is 9.52 Å². The predicted octanol–water partition coefficient (Wildman–Crippen LogP) is 4.65. The summed E-state index contributed by atoms with van der Waals surface area (Å²) in [6.45, 7) is 7.14. The van der Waals surface area contributed by atoms with Gasteiger partial charge in [0.15, 0.2) is 5.82 Å². The van der Waals surface area contributed by atoms with Gasteiger partial charge in [0.2, 0.25) is 0 Å². The second kappa shape index (κ2) is 11.5. The molecule has 2 aliphatic rings. The maximum absolute atomic E-state index is 6.16. The van der Waals surface area contributed by atoms with Gasteiger partial charge < -0.3 is 19.9 Å². The van der Waals surface area contributed by atoms with Crippen LogP contribution in [0.25, 0.3) is 11.1 Å². The van der Waals surface area contributed by atoms with Gasteiger partial charge in [0, 0.05) is 74.8 Å². The van der Waals surface area contributed by atoms with E-state index in [1.54, 1.807) is 6.33 Å². The number of nitrogens with one attached hydrogen (secondary N) is 1. The first-order valence-corrected chi connectivity index (χ1v) is 13.9. The molecule has 10 nitrogen and oxygen atoms in total. The van der Waals surface area contributed by atoms with Gasteiger partial charge >= 0.3 is 0 Å². The van der Waals surface area contributed by atoms with Crippen LogP contribution in [0.1, 0.15) is 24.9 Å². The Morgan fingerprint density at radius 3 is 2.60 bits per heavy atom. The van der Waals surface area contributed by atoms with E-state index in [-0.39, 0.29) is 6.04 Å². The van der Waals surface area contributed by atoms with Crippen LogP contribution in [-0.4, -0.2) is 71.1 Å². The number of nitrogens with zero attached hydrogens (tertiary/aromatic N) is 7. The third-order valence-corrected chi connectivity index (χ3v) is 7.49. The standard InChI is InChI=1S/C30H36N8O2/c1-4-39-28-17-27(37-13-11-35(2)12-14-37)24(23-19-33-36(3)20-23)16-25(28)34-29-18-30(32-21-31-29)38-26(10-15-40-38)22-8-6-5-7-9-22/h5-9,16-21,26H,4,10-15H2,1-3H3,(H,31,32,34)/t26-/m1/s1. The molecule has 6 rings (SSSR count). The molecule has 0 spiro atoms. The predicted molar refractivity (Wildman–Crippen MR) is 157 cm³/mol. The van der Waals surface area contributed by atoms with Crippen molar-refractivity contribution in [3.63, 3.8) is 0 Å². The fourth-order valence-corrected chi connectivity index (χ4v) is 5.39. The van der Waals surface area contributed by atoms with Crippen molar-refractivity contribution < 1.29 is 9.57 Å². The monoisotopic (exact) mass is 540 g/mol. The first-order valence-electron chi connectivity index (χ1n) is 13.9. The number of rotatable bonds is 8. The van der Waals surface area contributed by atoms with Crippen LogP contribution in [0, 0.1) is 0 Å². The number of hydroxylamine groups is 1. The molecule has 0 bridgehead atoms. The number of hydrogen-bond acceptors (Lipinski definition) is 9. The third-order valence-electron chi connectivity index (χ3n) is 7.49. The molecule has 2 fully saturated rings. The lowest BCUT2D eigenvalue weighted by Gasteiger charge is -2.35. The molecule has 40 heavy (non-hydrogen) atoms. The maximum Gasteiger partial charge on any atom is 0.158 e. The van der Waals surface area contributed by atoms with E-state index < -0.39 is 0 Å². The van der Waals surface area contributed by atoms with Crippen LogP contribution in [-0.2, 0) is 11.9 Å². The number of anilines is 4. The van der Waals surface area contributed by atoms with Gasteiger partial charge in [0.25, 0.3) is 0 Å². The highest BCUT2D eigenvalue weighted by Crippen LogP contribution is 2.41. The van der Waals surface area contributed by atoms with Crippen LogP contribution in [0.4, 0.5) is 23.0 Å². The molecule has 208 valence electrons. The minimum Gasteiger partial charge on any atom is -0.492 e. The van der Waals surface area contributed by atoms with E-state index in [4.69, 9.17) is 9.57 Å². The van der Waals surface area contributed by atoms with E-state index in [0.717, 1.165) is 60.9 Å². The molecule has 2 saturated heterocycles. The number of aryl methyl sites for hydroxylation is 1.